The Hall–Kier alpha value is -1.72. The molecule has 0 aromatic heterocycles. The molecular formula is C13H15F3O3. The van der Waals surface area contributed by atoms with Crippen molar-refractivity contribution in [3.8, 4) is 5.75 Å². The molecule has 1 aromatic rings. The van der Waals surface area contributed by atoms with Crippen molar-refractivity contribution in [1.82, 2.24) is 0 Å². The Labute approximate surface area is 109 Å². The quantitative estimate of drug-likeness (QED) is 0.894. The summed E-state index contributed by atoms with van der Waals surface area (Å²) in [5.41, 5.74) is -1.67. The van der Waals surface area contributed by atoms with Crippen LogP contribution >= 0.6 is 0 Å². The summed E-state index contributed by atoms with van der Waals surface area (Å²) in [6, 6.07) is 4.29. The third-order valence-corrected chi connectivity index (χ3v) is 2.76. The molecule has 0 saturated carbocycles. The number of carbonyl (C=O) groups is 1. The van der Waals surface area contributed by atoms with Gasteiger partial charge in [-0.3, -0.25) is 4.79 Å². The summed E-state index contributed by atoms with van der Waals surface area (Å²) in [4.78, 5) is 10.8. The first-order valence-corrected chi connectivity index (χ1v) is 5.66. The number of carboxylic acids is 1. The van der Waals surface area contributed by atoms with E-state index in [1.165, 1.54) is 12.1 Å². The van der Waals surface area contributed by atoms with Crippen molar-refractivity contribution in [3.63, 3.8) is 0 Å². The summed E-state index contributed by atoms with van der Waals surface area (Å²) in [5.74, 6) is -0.655. The fourth-order valence-corrected chi connectivity index (χ4v) is 1.27. The average Bonchev–Trinajstić information content (AvgIpc) is 2.28. The van der Waals surface area contributed by atoms with Crippen LogP contribution in [-0.4, -0.2) is 17.7 Å². The Balaban J connectivity index is 2.54. The van der Waals surface area contributed by atoms with E-state index < -0.39 is 23.1 Å². The predicted octanol–water partition coefficient (Wildman–Crippen LogP) is 3.59. The van der Waals surface area contributed by atoms with Crippen LogP contribution in [0.15, 0.2) is 24.3 Å². The molecule has 0 spiro atoms. The number of benzene rings is 1. The topological polar surface area (TPSA) is 46.5 Å². The van der Waals surface area contributed by atoms with E-state index in [4.69, 9.17) is 9.84 Å². The van der Waals surface area contributed by atoms with Crippen LogP contribution in [-0.2, 0) is 11.0 Å². The standard InChI is InChI=1S/C13H15F3O3/c1-12(2,11(17)18)7-8-19-10-5-3-9(4-6-10)13(14,15)16/h3-6H,7-8H2,1-2H3,(H,17,18). The zero-order valence-corrected chi connectivity index (χ0v) is 10.6. The highest BCUT2D eigenvalue weighted by atomic mass is 19.4. The van der Waals surface area contributed by atoms with Crippen LogP contribution in [0.4, 0.5) is 13.2 Å². The van der Waals surface area contributed by atoms with Crippen LogP contribution in [0, 0.1) is 5.41 Å². The van der Waals surface area contributed by atoms with Gasteiger partial charge in [0.15, 0.2) is 0 Å². The first-order chi connectivity index (χ1) is 8.63. The molecular weight excluding hydrogens is 261 g/mol. The molecule has 3 nitrogen and oxygen atoms in total. The second-order valence-electron chi connectivity index (χ2n) is 4.81. The molecule has 1 aromatic carbocycles. The third kappa shape index (κ3) is 4.46. The van der Waals surface area contributed by atoms with Crippen LogP contribution in [0.5, 0.6) is 5.75 Å². The highest BCUT2D eigenvalue weighted by Gasteiger charge is 2.30. The molecule has 0 saturated heterocycles. The van der Waals surface area contributed by atoms with Crippen LogP contribution in [0.25, 0.3) is 0 Å². The second-order valence-corrected chi connectivity index (χ2v) is 4.81. The van der Waals surface area contributed by atoms with Gasteiger partial charge in [0.2, 0.25) is 0 Å². The fourth-order valence-electron chi connectivity index (χ4n) is 1.27. The average molecular weight is 276 g/mol. The van der Waals surface area contributed by atoms with Gasteiger partial charge >= 0.3 is 12.1 Å². The van der Waals surface area contributed by atoms with E-state index in [0.29, 0.717) is 0 Å². The lowest BCUT2D eigenvalue weighted by atomic mass is 9.90. The van der Waals surface area contributed by atoms with Crippen molar-refractivity contribution in [2.24, 2.45) is 5.41 Å². The van der Waals surface area contributed by atoms with Gasteiger partial charge in [-0.25, -0.2) is 0 Å². The summed E-state index contributed by atoms with van der Waals surface area (Å²) in [6.45, 7) is 3.25. The molecule has 19 heavy (non-hydrogen) atoms. The molecule has 0 heterocycles. The number of ether oxygens (including phenoxy) is 1. The predicted molar refractivity (Wildman–Crippen MR) is 63.0 cm³/mol. The normalized spacial score (nSPS) is 12.3. The number of rotatable bonds is 5. The summed E-state index contributed by atoms with van der Waals surface area (Å²) < 4.78 is 42.2. The maximum Gasteiger partial charge on any atom is 0.416 e. The molecule has 1 rings (SSSR count). The number of halogens is 3. The molecule has 0 radical (unpaired) electrons. The summed E-state index contributed by atoms with van der Waals surface area (Å²) >= 11 is 0. The van der Waals surface area contributed by atoms with Crippen molar-refractivity contribution in [2.75, 3.05) is 6.61 Å². The minimum Gasteiger partial charge on any atom is -0.494 e. The molecule has 0 fully saturated rings. The van der Waals surface area contributed by atoms with Gasteiger partial charge in [0, 0.05) is 0 Å². The molecule has 0 aliphatic carbocycles. The van der Waals surface area contributed by atoms with Crippen LogP contribution < -0.4 is 4.74 Å². The largest absolute Gasteiger partial charge is 0.494 e. The summed E-state index contributed by atoms with van der Waals surface area (Å²) in [5, 5.41) is 8.88. The number of alkyl halides is 3. The van der Waals surface area contributed by atoms with Crippen LogP contribution in [0.1, 0.15) is 25.8 Å². The van der Waals surface area contributed by atoms with Gasteiger partial charge in [-0.15, -0.1) is 0 Å². The lowest BCUT2D eigenvalue weighted by Crippen LogP contribution is -2.25. The maximum atomic E-state index is 12.3. The van der Waals surface area contributed by atoms with E-state index in [9.17, 15) is 18.0 Å². The van der Waals surface area contributed by atoms with Crippen LogP contribution in [0.2, 0.25) is 0 Å². The fraction of sp³-hybridized carbons (Fsp3) is 0.462. The van der Waals surface area contributed by atoms with E-state index in [1.54, 1.807) is 13.8 Å². The minimum atomic E-state index is -4.37. The highest BCUT2D eigenvalue weighted by molar-refractivity contribution is 5.73. The molecule has 0 amide bonds. The first kappa shape index (κ1) is 15.3. The van der Waals surface area contributed by atoms with E-state index in [0.717, 1.165) is 12.1 Å². The molecule has 106 valence electrons. The Bertz CT molecular complexity index is 435. The van der Waals surface area contributed by atoms with Crippen molar-refractivity contribution in [1.29, 1.82) is 0 Å². The molecule has 0 aliphatic rings. The molecule has 0 atom stereocenters. The van der Waals surface area contributed by atoms with Gasteiger partial charge in [0.05, 0.1) is 17.6 Å². The highest BCUT2D eigenvalue weighted by Crippen LogP contribution is 2.30. The molecule has 0 aliphatic heterocycles. The summed E-state index contributed by atoms with van der Waals surface area (Å²) in [7, 11) is 0. The van der Waals surface area contributed by atoms with E-state index in [1.807, 2.05) is 0 Å². The van der Waals surface area contributed by atoms with Crippen molar-refractivity contribution >= 4 is 5.97 Å². The van der Waals surface area contributed by atoms with Gasteiger partial charge < -0.3 is 9.84 Å². The smallest absolute Gasteiger partial charge is 0.416 e. The Kier molecular flexibility index (Phi) is 4.44. The lowest BCUT2D eigenvalue weighted by molar-refractivity contribution is -0.147. The number of hydrogen-bond donors (Lipinski definition) is 1. The molecule has 1 N–H and O–H groups in total. The van der Waals surface area contributed by atoms with Gasteiger partial charge in [-0.2, -0.15) is 13.2 Å². The maximum absolute atomic E-state index is 12.3. The van der Waals surface area contributed by atoms with Crippen LogP contribution in [0.3, 0.4) is 0 Å². The van der Waals surface area contributed by atoms with E-state index in [2.05, 4.69) is 0 Å². The first-order valence-electron chi connectivity index (χ1n) is 5.66. The zero-order valence-electron chi connectivity index (χ0n) is 10.6. The minimum absolute atomic E-state index is 0.130. The molecule has 6 heteroatoms. The van der Waals surface area contributed by atoms with Gasteiger partial charge in [0.25, 0.3) is 0 Å². The molecule has 0 unspecified atom stereocenters. The second kappa shape index (κ2) is 5.50. The van der Waals surface area contributed by atoms with Crippen molar-refractivity contribution in [2.45, 2.75) is 26.4 Å². The zero-order chi connectivity index (χ0) is 14.7. The Morgan fingerprint density at radius 2 is 1.74 bits per heavy atom. The third-order valence-electron chi connectivity index (χ3n) is 2.76. The SMILES string of the molecule is CC(C)(CCOc1ccc(C(F)(F)F)cc1)C(=O)O. The lowest BCUT2D eigenvalue weighted by Gasteiger charge is -2.19. The van der Waals surface area contributed by atoms with Gasteiger partial charge in [-0.1, -0.05) is 0 Å². The molecule has 0 bridgehead atoms. The van der Waals surface area contributed by atoms with Crippen molar-refractivity contribution in [3.05, 3.63) is 29.8 Å². The Morgan fingerprint density at radius 3 is 2.16 bits per heavy atom. The number of aliphatic carboxylic acids is 1. The number of hydrogen-bond acceptors (Lipinski definition) is 2. The van der Waals surface area contributed by atoms with E-state index >= 15 is 0 Å². The number of carboxylic acid groups (broad SMARTS) is 1. The van der Waals surface area contributed by atoms with Gasteiger partial charge in [-0.05, 0) is 44.5 Å². The summed E-state index contributed by atoms with van der Waals surface area (Å²) in [6.07, 6.45) is -4.10. The van der Waals surface area contributed by atoms with Crippen molar-refractivity contribution < 1.29 is 27.8 Å². The van der Waals surface area contributed by atoms with E-state index in [-0.39, 0.29) is 18.8 Å². The Morgan fingerprint density at radius 1 is 1.21 bits per heavy atom. The monoisotopic (exact) mass is 276 g/mol. The van der Waals surface area contributed by atoms with Gasteiger partial charge in [0.1, 0.15) is 5.75 Å².